The highest BCUT2D eigenvalue weighted by Crippen LogP contribution is 2.18. The van der Waals surface area contributed by atoms with Gasteiger partial charge in [-0.05, 0) is 37.6 Å². The summed E-state index contributed by atoms with van der Waals surface area (Å²) in [5.41, 5.74) is 0.902. The molecule has 0 radical (unpaired) electrons. The third kappa shape index (κ3) is 3.92. The van der Waals surface area contributed by atoms with Crippen molar-refractivity contribution in [2.45, 2.75) is 31.2 Å². The van der Waals surface area contributed by atoms with E-state index in [9.17, 15) is 8.42 Å². The van der Waals surface area contributed by atoms with Crippen LogP contribution in [-0.4, -0.2) is 44.1 Å². The number of hydrogen-bond donors (Lipinski definition) is 2. The second kappa shape index (κ2) is 6.88. The van der Waals surface area contributed by atoms with Crippen LogP contribution in [0.5, 0.6) is 0 Å². The summed E-state index contributed by atoms with van der Waals surface area (Å²) in [7, 11) is -2.07. The molecule has 5 nitrogen and oxygen atoms in total. The molecule has 19 heavy (non-hydrogen) atoms. The maximum atomic E-state index is 12.3. The van der Waals surface area contributed by atoms with Gasteiger partial charge in [-0.1, -0.05) is 6.92 Å². The van der Waals surface area contributed by atoms with Crippen molar-refractivity contribution in [3.63, 3.8) is 0 Å². The van der Waals surface area contributed by atoms with Gasteiger partial charge in [-0.3, -0.25) is 0 Å². The molecule has 108 valence electrons. The standard InChI is InChI=1S/C13H22N2O3S/c1-4-9-14-12-5-7-13(8-6-12)19(17,18)15(3)11(2)10-16/h5-8,11,14,16H,4,9-10H2,1-3H3. The summed E-state index contributed by atoms with van der Waals surface area (Å²) in [5.74, 6) is 0. The van der Waals surface area contributed by atoms with Gasteiger partial charge in [0.15, 0.2) is 0 Å². The number of rotatable bonds is 7. The van der Waals surface area contributed by atoms with Crippen molar-refractivity contribution < 1.29 is 13.5 Å². The van der Waals surface area contributed by atoms with Crippen LogP contribution in [0.3, 0.4) is 0 Å². The van der Waals surface area contributed by atoms with Crippen LogP contribution < -0.4 is 5.32 Å². The molecule has 1 unspecified atom stereocenters. The van der Waals surface area contributed by atoms with E-state index < -0.39 is 16.1 Å². The van der Waals surface area contributed by atoms with Crippen LogP contribution in [0.2, 0.25) is 0 Å². The van der Waals surface area contributed by atoms with Gasteiger partial charge in [0.2, 0.25) is 10.0 Å². The maximum absolute atomic E-state index is 12.3. The molecule has 0 aromatic heterocycles. The van der Waals surface area contributed by atoms with Crippen molar-refractivity contribution in [1.82, 2.24) is 4.31 Å². The van der Waals surface area contributed by atoms with Crippen LogP contribution in [0.25, 0.3) is 0 Å². The quantitative estimate of drug-likeness (QED) is 0.797. The molecule has 0 saturated carbocycles. The zero-order valence-corrected chi connectivity index (χ0v) is 12.4. The number of benzene rings is 1. The lowest BCUT2D eigenvalue weighted by Crippen LogP contribution is -2.37. The molecular weight excluding hydrogens is 264 g/mol. The number of aliphatic hydroxyl groups is 1. The third-order valence-electron chi connectivity index (χ3n) is 3.00. The number of likely N-dealkylation sites (N-methyl/N-ethyl adjacent to an activating group) is 1. The minimum Gasteiger partial charge on any atom is -0.395 e. The first-order chi connectivity index (χ1) is 8.93. The molecule has 6 heteroatoms. The first-order valence-electron chi connectivity index (χ1n) is 6.36. The maximum Gasteiger partial charge on any atom is 0.243 e. The molecule has 0 aliphatic rings. The smallest absolute Gasteiger partial charge is 0.243 e. The van der Waals surface area contributed by atoms with E-state index in [4.69, 9.17) is 5.11 Å². The van der Waals surface area contributed by atoms with Gasteiger partial charge in [0.05, 0.1) is 11.5 Å². The van der Waals surface area contributed by atoms with Gasteiger partial charge in [0, 0.05) is 25.3 Å². The van der Waals surface area contributed by atoms with Crippen molar-refractivity contribution in [3.05, 3.63) is 24.3 Å². The van der Waals surface area contributed by atoms with Gasteiger partial charge in [-0.2, -0.15) is 4.31 Å². The second-order valence-electron chi connectivity index (χ2n) is 4.50. The van der Waals surface area contributed by atoms with Crippen LogP contribution >= 0.6 is 0 Å². The highest BCUT2D eigenvalue weighted by molar-refractivity contribution is 7.89. The van der Waals surface area contributed by atoms with Crippen LogP contribution in [0.4, 0.5) is 5.69 Å². The lowest BCUT2D eigenvalue weighted by atomic mass is 10.3. The van der Waals surface area contributed by atoms with Gasteiger partial charge in [-0.15, -0.1) is 0 Å². The molecular formula is C13H22N2O3S. The molecule has 0 saturated heterocycles. The van der Waals surface area contributed by atoms with E-state index in [0.29, 0.717) is 0 Å². The van der Waals surface area contributed by atoms with E-state index in [0.717, 1.165) is 18.7 Å². The van der Waals surface area contributed by atoms with Crippen molar-refractivity contribution in [1.29, 1.82) is 0 Å². The minimum absolute atomic E-state index is 0.203. The van der Waals surface area contributed by atoms with Crippen molar-refractivity contribution in [3.8, 4) is 0 Å². The van der Waals surface area contributed by atoms with Crippen molar-refractivity contribution in [2.75, 3.05) is 25.5 Å². The Hall–Kier alpha value is -1.11. The van der Waals surface area contributed by atoms with Crippen LogP contribution in [-0.2, 0) is 10.0 Å². The summed E-state index contributed by atoms with van der Waals surface area (Å²) in [4.78, 5) is 0.234. The first kappa shape index (κ1) is 15.9. The Morgan fingerprint density at radius 2 is 1.89 bits per heavy atom. The lowest BCUT2D eigenvalue weighted by molar-refractivity contribution is 0.214. The van der Waals surface area contributed by atoms with Gasteiger partial charge >= 0.3 is 0 Å². The molecule has 0 fully saturated rings. The Bertz CT molecular complexity index is 485. The van der Waals surface area contributed by atoms with Crippen LogP contribution in [0, 0.1) is 0 Å². The Morgan fingerprint density at radius 1 is 1.32 bits per heavy atom. The van der Waals surface area contributed by atoms with E-state index in [1.165, 1.54) is 11.4 Å². The molecule has 0 heterocycles. The Labute approximate surface area is 115 Å². The van der Waals surface area contributed by atoms with E-state index in [1.807, 2.05) is 0 Å². The van der Waals surface area contributed by atoms with Gasteiger partial charge in [0.1, 0.15) is 0 Å². The SMILES string of the molecule is CCCNc1ccc(S(=O)(=O)N(C)C(C)CO)cc1. The second-order valence-corrected chi connectivity index (χ2v) is 6.50. The molecule has 1 aromatic carbocycles. The number of sulfonamides is 1. The number of hydrogen-bond acceptors (Lipinski definition) is 4. The van der Waals surface area contributed by atoms with E-state index in [-0.39, 0.29) is 11.5 Å². The molecule has 0 bridgehead atoms. The fourth-order valence-corrected chi connectivity index (χ4v) is 2.89. The summed E-state index contributed by atoms with van der Waals surface area (Å²) in [6.07, 6.45) is 1.01. The Morgan fingerprint density at radius 3 is 2.37 bits per heavy atom. The lowest BCUT2D eigenvalue weighted by Gasteiger charge is -2.22. The van der Waals surface area contributed by atoms with Crippen molar-refractivity contribution in [2.24, 2.45) is 0 Å². The van der Waals surface area contributed by atoms with E-state index >= 15 is 0 Å². The zero-order chi connectivity index (χ0) is 14.5. The number of nitrogens with one attached hydrogen (secondary N) is 1. The highest BCUT2D eigenvalue weighted by atomic mass is 32.2. The summed E-state index contributed by atoms with van der Waals surface area (Å²) < 4.78 is 25.7. The third-order valence-corrected chi connectivity index (χ3v) is 4.98. The van der Waals surface area contributed by atoms with E-state index in [1.54, 1.807) is 31.2 Å². The first-order valence-corrected chi connectivity index (χ1v) is 7.80. The largest absolute Gasteiger partial charge is 0.395 e. The Balaban J connectivity index is 2.90. The minimum atomic E-state index is -3.54. The van der Waals surface area contributed by atoms with Gasteiger partial charge in [0.25, 0.3) is 0 Å². The van der Waals surface area contributed by atoms with Gasteiger partial charge in [-0.25, -0.2) is 8.42 Å². The summed E-state index contributed by atoms with van der Waals surface area (Å²) in [6.45, 7) is 4.38. The van der Waals surface area contributed by atoms with Crippen LogP contribution in [0.1, 0.15) is 20.3 Å². The molecule has 0 aliphatic carbocycles. The fourth-order valence-electron chi connectivity index (χ4n) is 1.53. The topological polar surface area (TPSA) is 69.6 Å². The molecule has 2 N–H and O–H groups in total. The average Bonchev–Trinajstić information content (AvgIpc) is 2.43. The molecule has 1 aromatic rings. The molecule has 1 atom stereocenters. The number of anilines is 1. The molecule has 0 spiro atoms. The van der Waals surface area contributed by atoms with Crippen LogP contribution in [0.15, 0.2) is 29.2 Å². The molecule has 0 amide bonds. The normalized spacial score (nSPS) is 13.5. The predicted octanol–water partition coefficient (Wildman–Crippen LogP) is 1.51. The summed E-state index contributed by atoms with van der Waals surface area (Å²) >= 11 is 0. The van der Waals surface area contributed by atoms with Gasteiger partial charge < -0.3 is 10.4 Å². The fraction of sp³-hybridized carbons (Fsp3) is 0.538. The summed E-state index contributed by atoms with van der Waals surface area (Å²) in [5, 5.41) is 12.2. The predicted molar refractivity (Wildman–Crippen MR) is 76.7 cm³/mol. The van der Waals surface area contributed by atoms with E-state index in [2.05, 4.69) is 12.2 Å². The highest BCUT2D eigenvalue weighted by Gasteiger charge is 2.24. The summed E-state index contributed by atoms with van der Waals surface area (Å²) in [6, 6.07) is 6.21. The zero-order valence-electron chi connectivity index (χ0n) is 11.6. The number of nitrogens with zero attached hydrogens (tertiary/aromatic N) is 1. The molecule has 0 aliphatic heterocycles. The van der Waals surface area contributed by atoms with Crippen molar-refractivity contribution >= 4 is 15.7 Å². The monoisotopic (exact) mass is 286 g/mol. The number of aliphatic hydroxyl groups excluding tert-OH is 1. The average molecular weight is 286 g/mol. The molecule has 1 rings (SSSR count). The Kier molecular flexibility index (Phi) is 5.78.